The molecule has 4 saturated carbocycles. The van der Waals surface area contributed by atoms with Crippen LogP contribution in [0.3, 0.4) is 0 Å². The third kappa shape index (κ3) is 4.68. The summed E-state index contributed by atoms with van der Waals surface area (Å²) in [5.41, 5.74) is 0.286. The molecule has 1 N–H and O–H groups in total. The first-order valence-corrected chi connectivity index (χ1v) is 15.2. The van der Waals surface area contributed by atoms with Gasteiger partial charge in [0.15, 0.2) is 0 Å². The summed E-state index contributed by atoms with van der Waals surface area (Å²) in [4.78, 5) is 25.2. The maximum absolute atomic E-state index is 13.6. The van der Waals surface area contributed by atoms with Gasteiger partial charge in [-0.25, -0.2) is 0 Å². The molecule has 4 rings (SSSR count). The fraction of sp³-hybridized carbons (Fsp3) is 0.933. The number of hydrogen-bond donors (Lipinski definition) is 1. The van der Waals surface area contributed by atoms with Gasteiger partial charge in [0.2, 0.25) is 0 Å². The number of halogens is 1. The fourth-order valence-corrected chi connectivity index (χ4v) is 10.3. The highest BCUT2D eigenvalue weighted by Gasteiger charge is 2.63. The molecule has 12 atom stereocenters. The first-order chi connectivity index (χ1) is 16.3. The van der Waals surface area contributed by atoms with Crippen molar-refractivity contribution < 1.29 is 19.4 Å². The van der Waals surface area contributed by atoms with Gasteiger partial charge in [0.1, 0.15) is 11.9 Å². The molecule has 0 aromatic rings. The topological polar surface area (TPSA) is 63.6 Å². The maximum atomic E-state index is 13.6. The fourth-order valence-electron chi connectivity index (χ4n) is 9.47. The van der Waals surface area contributed by atoms with E-state index in [1.54, 1.807) is 0 Å². The Hall–Kier alpha value is -0.420. The van der Waals surface area contributed by atoms with E-state index in [0.717, 1.165) is 19.3 Å². The number of carbonyl (C=O) groups excluding carboxylic acids is 2. The van der Waals surface area contributed by atoms with Crippen molar-refractivity contribution in [2.75, 3.05) is 0 Å². The number of rotatable bonds is 6. The third-order valence-electron chi connectivity index (χ3n) is 11.9. The molecule has 0 aliphatic heterocycles. The van der Waals surface area contributed by atoms with Crippen LogP contribution in [0.4, 0.5) is 0 Å². The number of fused-ring (bicyclic) bond motifs is 5. The van der Waals surface area contributed by atoms with Gasteiger partial charge in [0.05, 0.1) is 6.10 Å². The van der Waals surface area contributed by atoms with E-state index in [0.29, 0.717) is 47.7 Å². The van der Waals surface area contributed by atoms with Crippen molar-refractivity contribution in [2.45, 2.75) is 117 Å². The highest BCUT2D eigenvalue weighted by molar-refractivity contribution is 9.09. The molecule has 0 amide bonds. The molecule has 4 aliphatic carbocycles. The van der Waals surface area contributed by atoms with E-state index in [9.17, 15) is 14.7 Å². The van der Waals surface area contributed by atoms with Crippen molar-refractivity contribution in [3.63, 3.8) is 0 Å². The molecule has 0 spiro atoms. The predicted octanol–water partition coefficient (Wildman–Crippen LogP) is 6.81. The number of alkyl halides is 1. The monoisotopic (exact) mass is 552 g/mol. The van der Waals surface area contributed by atoms with Gasteiger partial charge in [-0.1, -0.05) is 57.5 Å². The summed E-state index contributed by atoms with van der Waals surface area (Å²) in [5.74, 6) is 3.62. The molecule has 0 aromatic carbocycles. The average Bonchev–Trinajstić information content (AvgIpc) is 3.15. The van der Waals surface area contributed by atoms with Crippen molar-refractivity contribution in [1.82, 2.24) is 0 Å². The molecule has 0 unspecified atom stereocenters. The average molecular weight is 554 g/mol. The van der Waals surface area contributed by atoms with Gasteiger partial charge in [0, 0.05) is 24.1 Å². The van der Waals surface area contributed by atoms with Crippen LogP contribution in [0.25, 0.3) is 0 Å². The molecule has 0 heterocycles. The highest BCUT2D eigenvalue weighted by atomic mass is 79.9. The van der Waals surface area contributed by atoms with Crippen LogP contribution in [-0.4, -0.2) is 33.9 Å². The molecule has 0 radical (unpaired) electrons. The molecule has 4 fully saturated rings. The zero-order valence-corrected chi connectivity index (χ0v) is 24.6. The number of ketones is 1. The van der Waals surface area contributed by atoms with Gasteiger partial charge in [-0.3, -0.25) is 9.59 Å². The quantitative estimate of drug-likeness (QED) is 0.290. The van der Waals surface area contributed by atoms with E-state index < -0.39 is 0 Å². The van der Waals surface area contributed by atoms with Crippen LogP contribution in [0.2, 0.25) is 0 Å². The number of aliphatic hydroxyl groups is 1. The Bertz CT molecular complexity index is 812. The minimum atomic E-state index is -0.340. The van der Waals surface area contributed by atoms with Gasteiger partial charge in [-0.15, -0.1) is 0 Å². The molecular formula is C30H49BrO4. The van der Waals surface area contributed by atoms with Crippen LogP contribution in [0.5, 0.6) is 0 Å². The summed E-state index contributed by atoms with van der Waals surface area (Å²) >= 11 is 3.94. The van der Waals surface area contributed by atoms with Crippen molar-refractivity contribution in [3.05, 3.63) is 0 Å². The summed E-state index contributed by atoms with van der Waals surface area (Å²) in [6.07, 6.45) is 7.74. The molecule has 35 heavy (non-hydrogen) atoms. The van der Waals surface area contributed by atoms with Gasteiger partial charge in [-0.2, -0.15) is 0 Å². The molecule has 0 aromatic heterocycles. The first kappa shape index (κ1) is 27.6. The second kappa shape index (κ2) is 10.0. The van der Waals surface area contributed by atoms with Crippen molar-refractivity contribution in [2.24, 2.45) is 58.2 Å². The van der Waals surface area contributed by atoms with Gasteiger partial charge in [0.25, 0.3) is 0 Å². The number of carbonyl (C=O) groups is 2. The second-order valence-electron chi connectivity index (χ2n) is 13.7. The maximum Gasteiger partial charge on any atom is 0.302 e. The molecular weight excluding hydrogens is 504 g/mol. The van der Waals surface area contributed by atoms with E-state index in [1.807, 2.05) is 0 Å². The molecule has 200 valence electrons. The largest absolute Gasteiger partial charge is 0.463 e. The van der Waals surface area contributed by atoms with Crippen LogP contribution < -0.4 is 0 Å². The van der Waals surface area contributed by atoms with E-state index in [-0.39, 0.29) is 45.7 Å². The smallest absolute Gasteiger partial charge is 0.302 e. The summed E-state index contributed by atoms with van der Waals surface area (Å²) in [7, 11) is 0. The Kier molecular flexibility index (Phi) is 7.92. The minimum absolute atomic E-state index is 0.0434. The zero-order valence-electron chi connectivity index (χ0n) is 23.1. The minimum Gasteiger partial charge on any atom is -0.463 e. The lowest BCUT2D eigenvalue weighted by Gasteiger charge is -2.60. The predicted molar refractivity (Wildman–Crippen MR) is 143 cm³/mol. The lowest BCUT2D eigenvalue weighted by Crippen LogP contribution is -2.57. The van der Waals surface area contributed by atoms with Gasteiger partial charge in [-0.05, 0) is 97.2 Å². The third-order valence-corrected chi connectivity index (χ3v) is 13.2. The van der Waals surface area contributed by atoms with Crippen LogP contribution in [0.15, 0.2) is 0 Å². The van der Waals surface area contributed by atoms with E-state index in [2.05, 4.69) is 57.5 Å². The van der Waals surface area contributed by atoms with Crippen LogP contribution in [-0.2, 0) is 14.3 Å². The Balaban J connectivity index is 1.52. The van der Waals surface area contributed by atoms with Crippen molar-refractivity contribution in [3.8, 4) is 0 Å². The Morgan fingerprint density at radius 3 is 2.29 bits per heavy atom. The number of hydrogen-bond acceptors (Lipinski definition) is 4. The lowest BCUT2D eigenvalue weighted by molar-refractivity contribution is -0.169. The number of Topliss-reactive ketones (excluding diaryl/α,β-unsaturated/α-hetero) is 1. The van der Waals surface area contributed by atoms with Gasteiger partial charge < -0.3 is 9.84 Å². The zero-order chi connectivity index (χ0) is 25.9. The lowest BCUT2D eigenvalue weighted by atomic mass is 9.44. The normalized spacial score (nSPS) is 44.6. The summed E-state index contributed by atoms with van der Waals surface area (Å²) in [5, 5.41) is 11.1. The second-order valence-corrected chi connectivity index (χ2v) is 14.8. The summed E-state index contributed by atoms with van der Waals surface area (Å²) in [6.45, 7) is 15.3. The number of aliphatic hydroxyl groups excluding tert-OH is 1. The Labute approximate surface area is 221 Å². The van der Waals surface area contributed by atoms with Crippen LogP contribution >= 0.6 is 15.9 Å². The molecule has 0 bridgehead atoms. The standard InChI is InChI=1S/C30H49BrO4/c1-16(2)17(3)28(34)27(31)18(4)22-8-9-23-21-15-26(33)25-14-20(35-19(5)32)10-12-30(25,7)24(21)11-13-29(22,23)6/h16-18,20-25,27-28,34H,8-15H2,1-7H3/t17-,18+,20+,21+,22-,23+,24+,25-,27+,28-,29-,30-/m1/s1. The Morgan fingerprint density at radius 1 is 1.03 bits per heavy atom. The molecule has 0 saturated heterocycles. The van der Waals surface area contributed by atoms with E-state index >= 15 is 0 Å². The SMILES string of the molecule is CC(=O)O[C@H]1CC[C@@]2(C)[C@H](C1)C(=O)C[C@@H]1[C@@H]2CC[C@]2(C)[C@@H]([C@H](C)[C@H](Br)[C@H](O)[C@H](C)C(C)C)CC[C@@H]12. The van der Waals surface area contributed by atoms with Crippen LogP contribution in [0, 0.1) is 58.2 Å². The molecule has 5 heteroatoms. The van der Waals surface area contributed by atoms with E-state index in [1.165, 1.54) is 32.6 Å². The number of ether oxygens (including phenoxy) is 1. The van der Waals surface area contributed by atoms with Crippen LogP contribution in [0.1, 0.15) is 99.8 Å². The first-order valence-electron chi connectivity index (χ1n) is 14.3. The van der Waals surface area contributed by atoms with Crippen molar-refractivity contribution >= 4 is 27.7 Å². The number of esters is 1. The summed E-state index contributed by atoms with van der Waals surface area (Å²) < 4.78 is 5.55. The molecule has 4 nitrogen and oxygen atoms in total. The van der Waals surface area contributed by atoms with Crippen molar-refractivity contribution in [1.29, 1.82) is 0 Å². The Morgan fingerprint density at radius 2 is 1.66 bits per heavy atom. The highest BCUT2D eigenvalue weighted by Crippen LogP contribution is 2.68. The van der Waals surface area contributed by atoms with Gasteiger partial charge >= 0.3 is 5.97 Å². The van der Waals surface area contributed by atoms with E-state index in [4.69, 9.17) is 4.74 Å². The molecule has 4 aliphatic rings. The summed E-state index contributed by atoms with van der Waals surface area (Å²) in [6, 6.07) is 0.